The SMILES string of the molecule is ClC1=CC=C=NC1Cl. The van der Waals surface area contributed by atoms with Gasteiger partial charge in [-0.25, -0.2) is 4.99 Å². The van der Waals surface area contributed by atoms with E-state index in [1.54, 1.807) is 12.2 Å². The fourth-order valence-corrected chi connectivity index (χ4v) is 0.607. The van der Waals surface area contributed by atoms with E-state index in [4.69, 9.17) is 23.2 Å². The number of hydrogen-bond donors (Lipinski definition) is 0. The molecule has 1 atom stereocenters. The smallest absolute Gasteiger partial charge is 0.168 e. The van der Waals surface area contributed by atoms with E-state index in [2.05, 4.69) is 10.9 Å². The van der Waals surface area contributed by atoms with Gasteiger partial charge in [0.15, 0.2) is 5.50 Å². The van der Waals surface area contributed by atoms with Gasteiger partial charge in [-0.15, -0.1) is 0 Å². The quantitative estimate of drug-likeness (QED) is 0.367. The van der Waals surface area contributed by atoms with E-state index in [1.165, 1.54) is 0 Å². The third-order valence-electron chi connectivity index (χ3n) is 0.733. The monoisotopic (exact) mass is 147 g/mol. The molecule has 8 heavy (non-hydrogen) atoms. The minimum absolute atomic E-state index is 0.415. The van der Waals surface area contributed by atoms with Crippen molar-refractivity contribution in [2.75, 3.05) is 0 Å². The van der Waals surface area contributed by atoms with Crippen molar-refractivity contribution in [3.8, 4) is 0 Å². The molecule has 0 spiro atoms. The number of allylic oxidation sites excluding steroid dienone is 2. The zero-order valence-corrected chi connectivity index (χ0v) is 5.45. The van der Waals surface area contributed by atoms with E-state index in [0.717, 1.165) is 0 Å². The van der Waals surface area contributed by atoms with Crippen LogP contribution in [0.4, 0.5) is 0 Å². The molecule has 42 valence electrons. The van der Waals surface area contributed by atoms with E-state index in [9.17, 15) is 0 Å². The average molecular weight is 148 g/mol. The number of halogens is 2. The second kappa shape index (κ2) is 2.36. The maximum absolute atomic E-state index is 5.53. The van der Waals surface area contributed by atoms with E-state index in [0.29, 0.717) is 5.03 Å². The van der Waals surface area contributed by atoms with E-state index in [1.807, 2.05) is 0 Å². The standard InChI is InChI=1S/C5H3Cl2N/c6-4-2-1-3-8-5(4)7/h1-2,5H. The van der Waals surface area contributed by atoms with Crippen LogP contribution in [-0.4, -0.2) is 11.4 Å². The Morgan fingerprint density at radius 3 is 2.88 bits per heavy atom. The van der Waals surface area contributed by atoms with Crippen molar-refractivity contribution in [1.82, 2.24) is 0 Å². The van der Waals surface area contributed by atoms with Crippen LogP contribution in [0.15, 0.2) is 22.2 Å². The zero-order chi connectivity index (χ0) is 5.98. The summed E-state index contributed by atoms with van der Waals surface area (Å²) in [5.41, 5.74) is -0.415. The van der Waals surface area contributed by atoms with Gasteiger partial charge in [0.25, 0.3) is 0 Å². The van der Waals surface area contributed by atoms with Gasteiger partial charge in [-0.2, -0.15) is 0 Å². The summed E-state index contributed by atoms with van der Waals surface area (Å²) in [5.74, 6) is 2.57. The maximum Gasteiger partial charge on any atom is 0.168 e. The Morgan fingerprint density at radius 1 is 1.75 bits per heavy atom. The predicted octanol–water partition coefficient (Wildman–Crippen LogP) is 1.91. The van der Waals surface area contributed by atoms with Gasteiger partial charge in [0, 0.05) is 6.08 Å². The molecule has 0 aromatic heterocycles. The van der Waals surface area contributed by atoms with Crippen LogP contribution >= 0.6 is 23.2 Å². The lowest BCUT2D eigenvalue weighted by Gasteiger charge is -1.99. The minimum Gasteiger partial charge on any atom is -0.218 e. The van der Waals surface area contributed by atoms with Crippen LogP contribution in [0.25, 0.3) is 0 Å². The lowest BCUT2D eigenvalue weighted by atomic mass is 10.4. The second-order valence-electron chi connectivity index (χ2n) is 1.31. The number of aliphatic imine (C=N–C) groups is 1. The van der Waals surface area contributed by atoms with Gasteiger partial charge in [-0.1, -0.05) is 23.2 Å². The Bertz CT molecular complexity index is 177. The summed E-state index contributed by atoms with van der Waals surface area (Å²) in [6, 6.07) is 0. The van der Waals surface area contributed by atoms with Crippen molar-refractivity contribution < 1.29 is 0 Å². The van der Waals surface area contributed by atoms with Crippen molar-refractivity contribution in [2.24, 2.45) is 4.99 Å². The van der Waals surface area contributed by atoms with Crippen LogP contribution in [-0.2, 0) is 0 Å². The minimum atomic E-state index is -0.415. The van der Waals surface area contributed by atoms with Crippen molar-refractivity contribution >= 4 is 29.1 Å². The number of hydrogen-bond acceptors (Lipinski definition) is 1. The molecule has 0 fully saturated rings. The van der Waals surface area contributed by atoms with Crippen LogP contribution in [0.5, 0.6) is 0 Å². The molecule has 0 bridgehead atoms. The summed E-state index contributed by atoms with van der Waals surface area (Å²) in [7, 11) is 0. The van der Waals surface area contributed by atoms with Crippen LogP contribution in [0.1, 0.15) is 0 Å². The summed E-state index contributed by atoms with van der Waals surface area (Å²) in [5, 5.41) is 0.547. The van der Waals surface area contributed by atoms with Crippen LogP contribution < -0.4 is 0 Å². The lowest BCUT2D eigenvalue weighted by molar-refractivity contribution is 1.12. The fourth-order valence-electron chi connectivity index (χ4n) is 0.366. The van der Waals surface area contributed by atoms with E-state index >= 15 is 0 Å². The molecular formula is C5H3Cl2N. The Labute approximate surface area is 57.3 Å². The van der Waals surface area contributed by atoms with Crippen LogP contribution in [0, 0.1) is 0 Å². The van der Waals surface area contributed by atoms with E-state index in [-0.39, 0.29) is 0 Å². The molecule has 0 saturated heterocycles. The summed E-state index contributed by atoms with van der Waals surface area (Å²) in [6.07, 6.45) is 3.30. The highest BCUT2D eigenvalue weighted by molar-refractivity contribution is 6.37. The Kier molecular flexibility index (Phi) is 1.74. The topological polar surface area (TPSA) is 12.4 Å². The zero-order valence-electron chi connectivity index (χ0n) is 3.94. The van der Waals surface area contributed by atoms with Crippen LogP contribution in [0.3, 0.4) is 0 Å². The molecule has 0 amide bonds. The largest absolute Gasteiger partial charge is 0.218 e. The van der Waals surface area contributed by atoms with Gasteiger partial charge in [0.1, 0.15) is 0 Å². The van der Waals surface area contributed by atoms with Crippen molar-refractivity contribution in [3.05, 3.63) is 17.2 Å². The van der Waals surface area contributed by atoms with E-state index < -0.39 is 5.50 Å². The lowest BCUT2D eigenvalue weighted by Crippen LogP contribution is -1.94. The molecule has 1 aliphatic heterocycles. The summed E-state index contributed by atoms with van der Waals surface area (Å²) in [4.78, 5) is 3.67. The Morgan fingerprint density at radius 2 is 2.50 bits per heavy atom. The molecule has 0 radical (unpaired) electrons. The van der Waals surface area contributed by atoms with Crippen molar-refractivity contribution in [3.63, 3.8) is 0 Å². The molecule has 1 nitrogen and oxygen atoms in total. The highest BCUT2D eigenvalue weighted by Crippen LogP contribution is 2.16. The summed E-state index contributed by atoms with van der Waals surface area (Å²) in [6.45, 7) is 0. The van der Waals surface area contributed by atoms with Gasteiger partial charge >= 0.3 is 0 Å². The number of alkyl halides is 1. The highest BCUT2D eigenvalue weighted by atomic mass is 35.5. The molecule has 1 unspecified atom stereocenters. The highest BCUT2D eigenvalue weighted by Gasteiger charge is 2.05. The molecule has 3 heteroatoms. The van der Waals surface area contributed by atoms with Gasteiger partial charge in [0.2, 0.25) is 0 Å². The molecule has 0 aliphatic carbocycles. The second-order valence-corrected chi connectivity index (χ2v) is 2.16. The molecular weight excluding hydrogens is 145 g/mol. The molecule has 0 aromatic carbocycles. The first kappa shape index (κ1) is 5.90. The van der Waals surface area contributed by atoms with Gasteiger partial charge in [-0.05, 0) is 11.9 Å². The first-order chi connectivity index (χ1) is 3.80. The maximum atomic E-state index is 5.53. The first-order valence-corrected chi connectivity index (χ1v) is 2.90. The number of nitrogens with zero attached hydrogens (tertiary/aromatic N) is 1. The molecule has 0 aromatic rings. The summed E-state index contributed by atoms with van der Waals surface area (Å²) >= 11 is 11.0. The molecule has 0 saturated carbocycles. The predicted molar refractivity (Wildman–Crippen MR) is 35.6 cm³/mol. The molecule has 1 heterocycles. The first-order valence-electron chi connectivity index (χ1n) is 2.09. The average Bonchev–Trinajstić information content (AvgIpc) is 1.77. The molecule has 1 aliphatic rings. The Hall–Kier alpha value is -0.230. The Balaban J connectivity index is 2.86. The fraction of sp³-hybridized carbons (Fsp3) is 0.200. The van der Waals surface area contributed by atoms with Crippen molar-refractivity contribution in [1.29, 1.82) is 0 Å². The molecule has 1 rings (SSSR count). The normalized spacial score (nSPS) is 25.8. The molecule has 0 N–H and O–H groups in total. The van der Waals surface area contributed by atoms with Crippen LogP contribution in [0.2, 0.25) is 0 Å². The third kappa shape index (κ3) is 1.13. The van der Waals surface area contributed by atoms with Gasteiger partial charge in [0.05, 0.1) is 5.03 Å². The van der Waals surface area contributed by atoms with Crippen molar-refractivity contribution in [2.45, 2.75) is 5.50 Å². The summed E-state index contributed by atoms with van der Waals surface area (Å²) < 4.78 is 0. The van der Waals surface area contributed by atoms with Gasteiger partial charge < -0.3 is 0 Å². The third-order valence-corrected chi connectivity index (χ3v) is 1.51. The number of rotatable bonds is 0. The van der Waals surface area contributed by atoms with Gasteiger partial charge in [-0.3, -0.25) is 0 Å².